The van der Waals surface area contributed by atoms with Crippen molar-refractivity contribution < 1.29 is 0 Å². The van der Waals surface area contributed by atoms with E-state index in [-0.39, 0.29) is 0 Å². The molecule has 0 aliphatic carbocycles. The summed E-state index contributed by atoms with van der Waals surface area (Å²) < 4.78 is 1.93. The zero-order valence-electron chi connectivity index (χ0n) is 9.77. The molecule has 2 N–H and O–H groups in total. The van der Waals surface area contributed by atoms with Crippen LogP contribution in [0, 0.1) is 13.8 Å². The van der Waals surface area contributed by atoms with E-state index in [1.54, 1.807) is 0 Å². The van der Waals surface area contributed by atoms with Gasteiger partial charge in [0, 0.05) is 18.3 Å². The lowest BCUT2D eigenvalue weighted by Crippen LogP contribution is -2.01. The summed E-state index contributed by atoms with van der Waals surface area (Å²) in [6, 6.07) is 6.56. The molecule has 0 saturated heterocycles. The highest BCUT2D eigenvalue weighted by atomic mass is 15.3. The number of aromatic nitrogens is 2. The normalized spacial score (nSPS) is 10.7. The Bertz CT molecular complexity index is 465. The molecule has 0 atom stereocenters. The van der Waals surface area contributed by atoms with Gasteiger partial charge in [-0.3, -0.25) is 4.68 Å². The molecule has 0 bridgehead atoms. The highest BCUT2D eigenvalue weighted by Crippen LogP contribution is 2.10. The van der Waals surface area contributed by atoms with Crippen LogP contribution in [0.4, 0.5) is 0 Å². The van der Waals surface area contributed by atoms with E-state index < -0.39 is 0 Å². The average Bonchev–Trinajstić information content (AvgIpc) is 2.64. The van der Waals surface area contributed by atoms with Gasteiger partial charge in [-0.15, -0.1) is 0 Å². The summed E-state index contributed by atoms with van der Waals surface area (Å²) in [7, 11) is 0. The first-order valence-electron chi connectivity index (χ1n) is 5.46. The molecule has 0 amide bonds. The van der Waals surface area contributed by atoms with E-state index >= 15 is 0 Å². The van der Waals surface area contributed by atoms with Gasteiger partial charge in [-0.05, 0) is 19.4 Å². The van der Waals surface area contributed by atoms with Crippen LogP contribution in [0.15, 0.2) is 30.6 Å². The zero-order valence-corrected chi connectivity index (χ0v) is 9.77. The van der Waals surface area contributed by atoms with Gasteiger partial charge in [-0.1, -0.05) is 29.3 Å². The number of nitrogens with two attached hydrogens (primary N) is 1. The third-order valence-corrected chi connectivity index (χ3v) is 2.55. The molecule has 1 aromatic carbocycles. The van der Waals surface area contributed by atoms with Crippen molar-refractivity contribution in [3.05, 3.63) is 52.8 Å². The highest BCUT2D eigenvalue weighted by Gasteiger charge is 2.00. The van der Waals surface area contributed by atoms with Crippen molar-refractivity contribution in [3.63, 3.8) is 0 Å². The average molecular weight is 215 g/mol. The van der Waals surface area contributed by atoms with E-state index in [1.165, 1.54) is 16.7 Å². The summed E-state index contributed by atoms with van der Waals surface area (Å²) in [4.78, 5) is 0. The largest absolute Gasteiger partial charge is 0.326 e. The van der Waals surface area contributed by atoms with Crippen molar-refractivity contribution in [2.75, 3.05) is 0 Å². The molecule has 0 spiro atoms. The van der Waals surface area contributed by atoms with Gasteiger partial charge in [0.15, 0.2) is 0 Å². The second-order valence-electron chi connectivity index (χ2n) is 4.25. The molecule has 3 nitrogen and oxygen atoms in total. The molecule has 1 heterocycles. The minimum Gasteiger partial charge on any atom is -0.326 e. The first-order valence-corrected chi connectivity index (χ1v) is 5.46. The number of nitrogens with zero attached hydrogens (tertiary/aromatic N) is 2. The van der Waals surface area contributed by atoms with Gasteiger partial charge in [0.1, 0.15) is 0 Å². The predicted octanol–water partition coefficient (Wildman–Crippen LogP) is 2.01. The Labute approximate surface area is 95.9 Å². The first-order chi connectivity index (χ1) is 7.67. The Hall–Kier alpha value is -1.61. The third-order valence-electron chi connectivity index (χ3n) is 2.55. The van der Waals surface area contributed by atoms with Crippen LogP contribution in [0.3, 0.4) is 0 Å². The van der Waals surface area contributed by atoms with Crippen LogP contribution in [-0.2, 0) is 13.1 Å². The second kappa shape index (κ2) is 4.49. The fourth-order valence-corrected chi connectivity index (χ4v) is 1.95. The van der Waals surface area contributed by atoms with Crippen molar-refractivity contribution in [1.82, 2.24) is 9.78 Å². The first kappa shape index (κ1) is 10.9. The van der Waals surface area contributed by atoms with Gasteiger partial charge in [0.05, 0.1) is 12.7 Å². The number of hydrogen-bond acceptors (Lipinski definition) is 2. The van der Waals surface area contributed by atoms with Crippen LogP contribution >= 0.6 is 0 Å². The van der Waals surface area contributed by atoms with Crippen molar-refractivity contribution >= 4 is 0 Å². The minimum absolute atomic E-state index is 0.548. The summed E-state index contributed by atoms with van der Waals surface area (Å²) in [5.41, 5.74) is 10.5. The molecule has 0 aliphatic heterocycles. The lowest BCUT2D eigenvalue weighted by atomic mass is 10.1. The maximum absolute atomic E-state index is 5.55. The number of aryl methyl sites for hydroxylation is 2. The van der Waals surface area contributed by atoms with Gasteiger partial charge < -0.3 is 5.73 Å². The van der Waals surface area contributed by atoms with E-state index in [4.69, 9.17) is 5.73 Å². The van der Waals surface area contributed by atoms with E-state index in [0.717, 1.165) is 12.1 Å². The molecule has 2 aromatic rings. The fraction of sp³-hybridized carbons (Fsp3) is 0.308. The monoisotopic (exact) mass is 215 g/mol. The van der Waals surface area contributed by atoms with E-state index in [0.29, 0.717) is 6.54 Å². The topological polar surface area (TPSA) is 43.8 Å². The highest BCUT2D eigenvalue weighted by molar-refractivity contribution is 5.28. The lowest BCUT2D eigenvalue weighted by molar-refractivity contribution is 0.685. The SMILES string of the molecule is Cc1cc(C)cc(Cn2cc(CN)cn2)c1. The molecule has 2 rings (SSSR count). The molecule has 84 valence electrons. The van der Waals surface area contributed by atoms with Crippen LogP contribution in [-0.4, -0.2) is 9.78 Å². The fourth-order valence-electron chi connectivity index (χ4n) is 1.95. The quantitative estimate of drug-likeness (QED) is 0.851. The van der Waals surface area contributed by atoms with Crippen molar-refractivity contribution in [1.29, 1.82) is 0 Å². The van der Waals surface area contributed by atoms with E-state index in [9.17, 15) is 0 Å². The molecule has 0 radical (unpaired) electrons. The number of hydrogen-bond donors (Lipinski definition) is 1. The molecule has 0 saturated carbocycles. The minimum atomic E-state index is 0.548. The summed E-state index contributed by atoms with van der Waals surface area (Å²) in [6.45, 7) is 5.59. The van der Waals surface area contributed by atoms with Gasteiger partial charge >= 0.3 is 0 Å². The Morgan fingerprint density at radius 1 is 1.12 bits per heavy atom. The summed E-state index contributed by atoms with van der Waals surface area (Å²) in [5, 5.41) is 4.28. The van der Waals surface area contributed by atoms with Crippen LogP contribution in [0.25, 0.3) is 0 Å². The molecule has 1 aromatic heterocycles. The van der Waals surface area contributed by atoms with Crippen molar-refractivity contribution in [3.8, 4) is 0 Å². The standard InChI is InChI=1S/C13H17N3/c1-10-3-11(2)5-12(4-10)8-16-9-13(6-14)7-15-16/h3-5,7,9H,6,8,14H2,1-2H3. The van der Waals surface area contributed by atoms with Gasteiger partial charge in [0.2, 0.25) is 0 Å². The number of rotatable bonds is 3. The maximum atomic E-state index is 5.55. The molecular formula is C13H17N3. The maximum Gasteiger partial charge on any atom is 0.0659 e. The number of benzene rings is 1. The Morgan fingerprint density at radius 2 is 1.81 bits per heavy atom. The molecule has 0 aliphatic rings. The van der Waals surface area contributed by atoms with Crippen molar-refractivity contribution in [2.45, 2.75) is 26.9 Å². The van der Waals surface area contributed by atoms with Crippen LogP contribution in [0.2, 0.25) is 0 Å². The summed E-state index contributed by atoms with van der Waals surface area (Å²) in [6.07, 6.45) is 3.82. The van der Waals surface area contributed by atoms with Gasteiger partial charge in [0.25, 0.3) is 0 Å². The predicted molar refractivity (Wildman–Crippen MR) is 65.1 cm³/mol. The van der Waals surface area contributed by atoms with Crippen molar-refractivity contribution in [2.24, 2.45) is 5.73 Å². The smallest absolute Gasteiger partial charge is 0.0659 e. The summed E-state index contributed by atoms with van der Waals surface area (Å²) in [5.74, 6) is 0. The van der Waals surface area contributed by atoms with Crippen LogP contribution < -0.4 is 5.73 Å². The van der Waals surface area contributed by atoms with E-state index in [1.807, 2.05) is 17.1 Å². The van der Waals surface area contributed by atoms with Gasteiger partial charge in [-0.2, -0.15) is 5.10 Å². The molecular weight excluding hydrogens is 198 g/mol. The molecule has 0 fully saturated rings. The van der Waals surface area contributed by atoms with Crippen LogP contribution in [0.1, 0.15) is 22.3 Å². The Kier molecular flexibility index (Phi) is 3.06. The van der Waals surface area contributed by atoms with Crippen LogP contribution in [0.5, 0.6) is 0 Å². The molecule has 0 unspecified atom stereocenters. The Morgan fingerprint density at radius 3 is 2.38 bits per heavy atom. The zero-order chi connectivity index (χ0) is 11.5. The Balaban J connectivity index is 2.19. The summed E-state index contributed by atoms with van der Waals surface area (Å²) >= 11 is 0. The lowest BCUT2D eigenvalue weighted by Gasteiger charge is -2.05. The second-order valence-corrected chi connectivity index (χ2v) is 4.25. The molecule has 3 heteroatoms. The molecule has 16 heavy (non-hydrogen) atoms. The third kappa shape index (κ3) is 2.49. The van der Waals surface area contributed by atoms with E-state index in [2.05, 4.69) is 37.1 Å². The van der Waals surface area contributed by atoms with Gasteiger partial charge in [-0.25, -0.2) is 0 Å².